The zero-order valence-electron chi connectivity index (χ0n) is 19.1. The lowest BCUT2D eigenvalue weighted by molar-refractivity contribution is -0.114. The Hall–Kier alpha value is -3.02. The van der Waals surface area contributed by atoms with Crippen LogP contribution in [0.15, 0.2) is 48.5 Å². The summed E-state index contributed by atoms with van der Waals surface area (Å²) in [6.07, 6.45) is 8.20. The van der Waals surface area contributed by atoms with Gasteiger partial charge in [-0.3, -0.25) is 9.59 Å². The molecule has 32 heavy (non-hydrogen) atoms. The van der Waals surface area contributed by atoms with Crippen molar-refractivity contribution in [1.82, 2.24) is 4.90 Å². The maximum absolute atomic E-state index is 12.5. The number of nitrogens with one attached hydrogen (secondary N) is 2. The third-order valence-electron chi connectivity index (χ3n) is 5.61. The number of hydrogen-bond donors (Lipinski definition) is 2. The molecule has 0 unspecified atom stereocenters. The van der Waals surface area contributed by atoms with Gasteiger partial charge in [-0.25, -0.2) is 0 Å². The minimum absolute atomic E-state index is 0.0278. The summed E-state index contributed by atoms with van der Waals surface area (Å²) in [5.74, 6) is 0.707. The molecule has 0 bridgehead atoms. The van der Waals surface area contributed by atoms with Crippen molar-refractivity contribution in [2.45, 2.75) is 51.9 Å². The van der Waals surface area contributed by atoms with Crippen molar-refractivity contribution in [2.24, 2.45) is 0 Å². The lowest BCUT2D eigenvalue weighted by Crippen LogP contribution is -2.27. The first-order valence-electron chi connectivity index (χ1n) is 11.8. The van der Waals surface area contributed by atoms with Crippen LogP contribution in [0.5, 0.6) is 5.75 Å². The molecule has 0 radical (unpaired) electrons. The van der Waals surface area contributed by atoms with Crippen LogP contribution in [0.2, 0.25) is 0 Å². The first-order valence-corrected chi connectivity index (χ1v) is 11.8. The van der Waals surface area contributed by atoms with Crippen LogP contribution in [0.3, 0.4) is 0 Å². The van der Waals surface area contributed by atoms with E-state index in [1.165, 1.54) is 25.7 Å². The normalized spacial score (nSPS) is 13.1. The molecule has 0 atom stereocenters. The van der Waals surface area contributed by atoms with E-state index < -0.39 is 0 Å². The van der Waals surface area contributed by atoms with Gasteiger partial charge < -0.3 is 20.3 Å². The lowest BCUT2D eigenvalue weighted by atomic mass is 10.1. The molecule has 6 nitrogen and oxygen atoms in total. The molecular weight excluding hydrogens is 402 g/mol. The number of anilines is 2. The second kappa shape index (κ2) is 12.7. The molecule has 0 aromatic heterocycles. The van der Waals surface area contributed by atoms with Crippen molar-refractivity contribution in [3.63, 3.8) is 0 Å². The van der Waals surface area contributed by atoms with E-state index in [4.69, 9.17) is 4.74 Å². The molecule has 1 fully saturated rings. The number of ether oxygens (including phenoxy) is 1. The Bertz CT molecular complexity index is 861. The molecule has 0 spiro atoms. The molecule has 1 saturated heterocycles. The molecule has 2 aromatic rings. The Morgan fingerprint density at radius 3 is 2.44 bits per heavy atom. The molecule has 1 aliphatic rings. The number of benzene rings is 2. The van der Waals surface area contributed by atoms with E-state index in [0.29, 0.717) is 11.3 Å². The molecule has 2 N–H and O–H groups in total. The predicted octanol–water partition coefficient (Wildman–Crippen LogP) is 5.32. The highest BCUT2D eigenvalue weighted by Crippen LogP contribution is 2.18. The molecule has 6 heteroatoms. The second-order valence-electron chi connectivity index (χ2n) is 8.27. The van der Waals surface area contributed by atoms with Gasteiger partial charge in [-0.05, 0) is 61.7 Å². The zero-order valence-corrected chi connectivity index (χ0v) is 19.1. The summed E-state index contributed by atoms with van der Waals surface area (Å²) in [4.78, 5) is 26.7. The third-order valence-corrected chi connectivity index (χ3v) is 5.61. The van der Waals surface area contributed by atoms with Crippen LogP contribution >= 0.6 is 0 Å². The summed E-state index contributed by atoms with van der Waals surface area (Å²) in [5, 5.41) is 5.98. The maximum Gasteiger partial charge on any atom is 0.253 e. The SMILES string of the molecule is CCCCCCCOc1ccc(NCC(=O)Nc2cccc(C(=O)N3CCCC3)c2)cc1. The van der Waals surface area contributed by atoms with Gasteiger partial charge in [-0.15, -0.1) is 0 Å². The quantitative estimate of drug-likeness (QED) is 0.441. The van der Waals surface area contributed by atoms with Crippen LogP contribution in [-0.2, 0) is 4.79 Å². The standard InChI is InChI=1S/C26H35N3O3/c1-2-3-4-5-8-18-32-24-14-12-22(13-15-24)27-20-25(30)28-23-11-9-10-21(19-23)26(31)29-16-6-7-17-29/h9-15,19,27H,2-8,16-18,20H2,1H3,(H,28,30). The van der Waals surface area contributed by atoms with Gasteiger partial charge in [0.05, 0.1) is 13.2 Å². The van der Waals surface area contributed by atoms with Crippen molar-refractivity contribution < 1.29 is 14.3 Å². The summed E-state index contributed by atoms with van der Waals surface area (Å²) in [7, 11) is 0. The number of rotatable bonds is 12. The van der Waals surface area contributed by atoms with Crippen LogP contribution in [0, 0.1) is 0 Å². The third kappa shape index (κ3) is 7.59. The number of carbonyl (C=O) groups excluding carboxylic acids is 2. The Labute approximate surface area is 191 Å². The van der Waals surface area contributed by atoms with E-state index in [1.807, 2.05) is 29.2 Å². The molecule has 1 heterocycles. The highest BCUT2D eigenvalue weighted by atomic mass is 16.5. The van der Waals surface area contributed by atoms with Crippen molar-refractivity contribution in [3.05, 3.63) is 54.1 Å². The Morgan fingerprint density at radius 2 is 1.69 bits per heavy atom. The smallest absolute Gasteiger partial charge is 0.253 e. The first-order chi connectivity index (χ1) is 15.7. The highest BCUT2D eigenvalue weighted by Gasteiger charge is 2.19. The van der Waals surface area contributed by atoms with Gasteiger partial charge in [0.1, 0.15) is 5.75 Å². The van der Waals surface area contributed by atoms with Crippen LogP contribution in [-0.4, -0.2) is 43.0 Å². The molecule has 3 rings (SSSR count). The number of unbranched alkanes of at least 4 members (excludes halogenated alkanes) is 4. The second-order valence-corrected chi connectivity index (χ2v) is 8.27. The van der Waals surface area contributed by atoms with Gasteiger partial charge >= 0.3 is 0 Å². The molecule has 2 amide bonds. The number of carbonyl (C=O) groups is 2. The number of likely N-dealkylation sites (tertiary alicyclic amines) is 1. The predicted molar refractivity (Wildman–Crippen MR) is 129 cm³/mol. The summed E-state index contributed by atoms with van der Waals surface area (Å²) in [5.41, 5.74) is 2.09. The molecule has 1 aliphatic heterocycles. The van der Waals surface area contributed by atoms with E-state index >= 15 is 0 Å². The minimum atomic E-state index is -0.164. The van der Waals surface area contributed by atoms with E-state index in [2.05, 4.69) is 17.6 Å². The van der Waals surface area contributed by atoms with Crippen LogP contribution < -0.4 is 15.4 Å². The fourth-order valence-electron chi connectivity index (χ4n) is 3.78. The monoisotopic (exact) mass is 437 g/mol. The minimum Gasteiger partial charge on any atom is -0.494 e. The topological polar surface area (TPSA) is 70.7 Å². The first kappa shape index (κ1) is 23.6. The fraction of sp³-hybridized carbons (Fsp3) is 0.462. The van der Waals surface area contributed by atoms with E-state index in [-0.39, 0.29) is 18.4 Å². The van der Waals surface area contributed by atoms with Gasteiger partial charge in [0.2, 0.25) is 5.91 Å². The molecule has 2 aromatic carbocycles. The van der Waals surface area contributed by atoms with Crippen molar-refractivity contribution in [2.75, 3.05) is 36.9 Å². The Kier molecular flexibility index (Phi) is 9.41. The largest absolute Gasteiger partial charge is 0.494 e. The Balaban J connectivity index is 1.40. The van der Waals surface area contributed by atoms with E-state index in [0.717, 1.165) is 50.4 Å². The van der Waals surface area contributed by atoms with Crippen molar-refractivity contribution in [3.8, 4) is 5.75 Å². The van der Waals surface area contributed by atoms with Crippen LogP contribution in [0.1, 0.15) is 62.2 Å². The summed E-state index contributed by atoms with van der Waals surface area (Å²) in [6, 6.07) is 14.8. The van der Waals surface area contributed by atoms with E-state index in [9.17, 15) is 9.59 Å². The van der Waals surface area contributed by atoms with Gasteiger partial charge in [0.15, 0.2) is 0 Å². The number of nitrogens with zero attached hydrogens (tertiary/aromatic N) is 1. The van der Waals surface area contributed by atoms with Gasteiger partial charge in [-0.2, -0.15) is 0 Å². The van der Waals surface area contributed by atoms with Gasteiger partial charge in [-0.1, -0.05) is 38.7 Å². The van der Waals surface area contributed by atoms with Crippen molar-refractivity contribution in [1.29, 1.82) is 0 Å². The fourth-order valence-corrected chi connectivity index (χ4v) is 3.78. The highest BCUT2D eigenvalue weighted by molar-refractivity contribution is 5.98. The number of hydrogen-bond acceptors (Lipinski definition) is 4. The van der Waals surface area contributed by atoms with Gasteiger partial charge in [0.25, 0.3) is 5.91 Å². The summed E-state index contributed by atoms with van der Waals surface area (Å²) < 4.78 is 5.78. The van der Waals surface area contributed by atoms with Crippen molar-refractivity contribution >= 4 is 23.2 Å². The average Bonchev–Trinajstić information content (AvgIpc) is 3.35. The molecular formula is C26H35N3O3. The summed E-state index contributed by atoms with van der Waals surface area (Å²) >= 11 is 0. The van der Waals surface area contributed by atoms with Crippen LogP contribution in [0.4, 0.5) is 11.4 Å². The lowest BCUT2D eigenvalue weighted by Gasteiger charge is -2.16. The van der Waals surface area contributed by atoms with Crippen LogP contribution in [0.25, 0.3) is 0 Å². The van der Waals surface area contributed by atoms with Gasteiger partial charge in [0, 0.05) is 30.0 Å². The van der Waals surface area contributed by atoms with E-state index in [1.54, 1.807) is 24.3 Å². The Morgan fingerprint density at radius 1 is 0.938 bits per heavy atom. The molecule has 0 saturated carbocycles. The molecule has 0 aliphatic carbocycles. The maximum atomic E-state index is 12.5. The summed E-state index contributed by atoms with van der Waals surface area (Å²) in [6.45, 7) is 4.70. The molecule has 172 valence electrons. The average molecular weight is 438 g/mol. The zero-order chi connectivity index (χ0) is 22.6. The number of amides is 2.